The maximum atomic E-state index is 5.72. The van der Waals surface area contributed by atoms with E-state index >= 15 is 0 Å². The van der Waals surface area contributed by atoms with Crippen molar-refractivity contribution >= 4 is 17.2 Å². The molecule has 0 fully saturated rings. The Bertz CT molecular complexity index is 567. The molecule has 1 aromatic carbocycles. The summed E-state index contributed by atoms with van der Waals surface area (Å²) in [4.78, 5) is 0.381. The van der Waals surface area contributed by atoms with Crippen LogP contribution in [-0.4, -0.2) is 14.8 Å². The molecular weight excluding hydrogens is 242 g/mol. The van der Waals surface area contributed by atoms with E-state index < -0.39 is 0 Å². The summed E-state index contributed by atoms with van der Waals surface area (Å²) in [5.74, 6) is 0.526. The fourth-order valence-corrected chi connectivity index (χ4v) is 2.06. The standard InChI is InChI=1S/C14H17N3S/c1-9(2)10-4-6-11(7-5-10)13-12(14(15)18)8-17(3)16-13/h4-9H,1-3H3,(H2,15,18). The molecule has 0 spiro atoms. The number of nitrogens with two attached hydrogens (primary N) is 1. The van der Waals surface area contributed by atoms with E-state index in [9.17, 15) is 0 Å². The zero-order chi connectivity index (χ0) is 13.3. The summed E-state index contributed by atoms with van der Waals surface area (Å²) in [7, 11) is 1.87. The normalized spacial score (nSPS) is 10.9. The summed E-state index contributed by atoms with van der Waals surface area (Å²) in [5.41, 5.74) is 9.75. The Morgan fingerprint density at radius 1 is 1.28 bits per heavy atom. The van der Waals surface area contributed by atoms with Gasteiger partial charge in [-0.05, 0) is 11.5 Å². The summed E-state index contributed by atoms with van der Waals surface area (Å²) < 4.78 is 1.74. The molecule has 1 heterocycles. The van der Waals surface area contributed by atoms with Crippen molar-refractivity contribution in [2.75, 3.05) is 0 Å². The Hall–Kier alpha value is -1.68. The lowest BCUT2D eigenvalue weighted by molar-refractivity contribution is 0.770. The van der Waals surface area contributed by atoms with E-state index in [1.165, 1.54) is 5.56 Å². The molecule has 0 amide bonds. The van der Waals surface area contributed by atoms with Crippen molar-refractivity contribution in [3.63, 3.8) is 0 Å². The molecule has 0 saturated heterocycles. The van der Waals surface area contributed by atoms with E-state index in [-0.39, 0.29) is 0 Å². The SMILES string of the molecule is CC(C)c1ccc(-c2nn(C)cc2C(N)=S)cc1. The van der Waals surface area contributed by atoms with Crippen LogP contribution in [0.4, 0.5) is 0 Å². The quantitative estimate of drug-likeness (QED) is 0.862. The monoisotopic (exact) mass is 259 g/mol. The van der Waals surface area contributed by atoms with Crippen LogP contribution in [0.5, 0.6) is 0 Å². The topological polar surface area (TPSA) is 43.8 Å². The van der Waals surface area contributed by atoms with E-state index in [4.69, 9.17) is 18.0 Å². The maximum absolute atomic E-state index is 5.72. The molecule has 94 valence electrons. The van der Waals surface area contributed by atoms with E-state index in [1.807, 2.05) is 13.2 Å². The third-order valence-corrected chi connectivity index (χ3v) is 3.16. The van der Waals surface area contributed by atoms with Gasteiger partial charge >= 0.3 is 0 Å². The first kappa shape index (κ1) is 12.8. The number of nitrogens with zero attached hydrogens (tertiary/aromatic N) is 2. The van der Waals surface area contributed by atoms with E-state index in [0.717, 1.165) is 16.8 Å². The van der Waals surface area contributed by atoms with Gasteiger partial charge in [-0.1, -0.05) is 50.3 Å². The predicted octanol–water partition coefficient (Wildman–Crippen LogP) is 2.84. The lowest BCUT2D eigenvalue weighted by Gasteiger charge is -2.06. The van der Waals surface area contributed by atoms with Crippen molar-refractivity contribution < 1.29 is 0 Å². The molecule has 0 unspecified atom stereocenters. The van der Waals surface area contributed by atoms with Crippen molar-refractivity contribution in [3.05, 3.63) is 41.6 Å². The number of hydrogen-bond donors (Lipinski definition) is 1. The van der Waals surface area contributed by atoms with Crippen LogP contribution in [0.3, 0.4) is 0 Å². The molecule has 2 aromatic rings. The fraction of sp³-hybridized carbons (Fsp3) is 0.286. The average Bonchev–Trinajstić information content (AvgIpc) is 2.71. The van der Waals surface area contributed by atoms with Crippen molar-refractivity contribution in [1.82, 2.24) is 9.78 Å². The smallest absolute Gasteiger partial charge is 0.107 e. The summed E-state index contributed by atoms with van der Waals surface area (Å²) in [6.07, 6.45) is 1.86. The van der Waals surface area contributed by atoms with Crippen LogP contribution in [0.15, 0.2) is 30.5 Å². The van der Waals surface area contributed by atoms with Crippen LogP contribution in [-0.2, 0) is 7.05 Å². The lowest BCUT2D eigenvalue weighted by atomic mass is 10.00. The van der Waals surface area contributed by atoms with Crippen LogP contribution in [0, 0.1) is 0 Å². The molecule has 0 radical (unpaired) electrons. The lowest BCUT2D eigenvalue weighted by Crippen LogP contribution is -2.09. The first-order valence-electron chi connectivity index (χ1n) is 5.93. The van der Waals surface area contributed by atoms with E-state index in [1.54, 1.807) is 4.68 Å². The molecular formula is C14H17N3S. The highest BCUT2D eigenvalue weighted by Crippen LogP contribution is 2.24. The van der Waals surface area contributed by atoms with Gasteiger partial charge in [0.2, 0.25) is 0 Å². The largest absolute Gasteiger partial charge is 0.389 e. The van der Waals surface area contributed by atoms with Gasteiger partial charge in [0.05, 0.1) is 5.56 Å². The third-order valence-electron chi connectivity index (χ3n) is 2.95. The van der Waals surface area contributed by atoms with Crippen molar-refractivity contribution in [2.24, 2.45) is 12.8 Å². The Morgan fingerprint density at radius 2 is 1.89 bits per heavy atom. The van der Waals surface area contributed by atoms with Crippen molar-refractivity contribution in [2.45, 2.75) is 19.8 Å². The molecule has 3 nitrogen and oxygen atoms in total. The molecule has 0 saturated carbocycles. The van der Waals surface area contributed by atoms with Gasteiger partial charge < -0.3 is 5.73 Å². The maximum Gasteiger partial charge on any atom is 0.107 e. The molecule has 0 aliphatic rings. The molecule has 0 atom stereocenters. The van der Waals surface area contributed by atoms with Crippen LogP contribution in [0.2, 0.25) is 0 Å². The summed E-state index contributed by atoms with van der Waals surface area (Å²) >= 11 is 5.05. The highest BCUT2D eigenvalue weighted by Gasteiger charge is 2.12. The number of aromatic nitrogens is 2. The number of hydrogen-bond acceptors (Lipinski definition) is 2. The molecule has 1 aromatic heterocycles. The second-order valence-corrected chi connectivity index (χ2v) is 5.15. The Kier molecular flexibility index (Phi) is 3.48. The molecule has 0 aliphatic carbocycles. The van der Waals surface area contributed by atoms with Crippen molar-refractivity contribution in [1.29, 1.82) is 0 Å². The van der Waals surface area contributed by atoms with Crippen LogP contribution in [0.25, 0.3) is 11.3 Å². The number of benzene rings is 1. The fourth-order valence-electron chi connectivity index (χ4n) is 1.91. The van der Waals surface area contributed by atoms with Gasteiger partial charge in [0.1, 0.15) is 10.7 Å². The van der Waals surface area contributed by atoms with E-state index in [2.05, 4.69) is 43.2 Å². The molecule has 0 bridgehead atoms. The summed E-state index contributed by atoms with van der Waals surface area (Å²) in [6, 6.07) is 8.38. The van der Waals surface area contributed by atoms with Gasteiger partial charge in [-0.3, -0.25) is 4.68 Å². The number of thiocarbonyl (C=S) groups is 1. The van der Waals surface area contributed by atoms with Gasteiger partial charge in [-0.25, -0.2) is 0 Å². The zero-order valence-corrected chi connectivity index (χ0v) is 11.7. The highest BCUT2D eigenvalue weighted by atomic mass is 32.1. The Morgan fingerprint density at radius 3 is 2.39 bits per heavy atom. The van der Waals surface area contributed by atoms with Crippen molar-refractivity contribution in [3.8, 4) is 11.3 Å². The molecule has 2 rings (SSSR count). The average molecular weight is 259 g/mol. The van der Waals surface area contributed by atoms with Gasteiger partial charge in [0, 0.05) is 18.8 Å². The zero-order valence-electron chi connectivity index (χ0n) is 10.8. The van der Waals surface area contributed by atoms with Gasteiger partial charge in [0.25, 0.3) is 0 Å². The Labute approximate surface area is 113 Å². The first-order valence-corrected chi connectivity index (χ1v) is 6.33. The Balaban J connectivity index is 2.45. The predicted molar refractivity (Wildman–Crippen MR) is 78.6 cm³/mol. The summed E-state index contributed by atoms with van der Waals surface area (Å²) in [6.45, 7) is 4.35. The van der Waals surface area contributed by atoms with Gasteiger partial charge in [0.15, 0.2) is 0 Å². The molecule has 2 N–H and O–H groups in total. The van der Waals surface area contributed by atoms with E-state index in [0.29, 0.717) is 10.9 Å². The van der Waals surface area contributed by atoms with Gasteiger partial charge in [-0.15, -0.1) is 0 Å². The number of aryl methyl sites for hydroxylation is 1. The van der Waals surface area contributed by atoms with Crippen LogP contribution >= 0.6 is 12.2 Å². The minimum Gasteiger partial charge on any atom is -0.389 e. The minimum absolute atomic E-state index is 0.381. The molecule has 18 heavy (non-hydrogen) atoms. The second kappa shape index (κ2) is 4.90. The molecule has 4 heteroatoms. The highest BCUT2D eigenvalue weighted by molar-refractivity contribution is 7.80. The van der Waals surface area contributed by atoms with Gasteiger partial charge in [-0.2, -0.15) is 5.10 Å². The number of rotatable bonds is 3. The van der Waals surface area contributed by atoms with Crippen LogP contribution in [0.1, 0.15) is 30.9 Å². The summed E-state index contributed by atoms with van der Waals surface area (Å²) in [5, 5.41) is 4.43. The third kappa shape index (κ3) is 2.43. The second-order valence-electron chi connectivity index (χ2n) is 4.71. The minimum atomic E-state index is 0.381. The molecule has 0 aliphatic heterocycles. The first-order chi connectivity index (χ1) is 8.49. The van der Waals surface area contributed by atoms with Crippen LogP contribution < -0.4 is 5.73 Å².